The van der Waals surface area contributed by atoms with E-state index in [9.17, 15) is 0 Å². The largest absolute Gasteiger partial charge is 0.329 e. The lowest BCUT2D eigenvalue weighted by Crippen LogP contribution is -2.53. The van der Waals surface area contributed by atoms with Crippen molar-refractivity contribution in [3.63, 3.8) is 0 Å². The van der Waals surface area contributed by atoms with Crippen molar-refractivity contribution in [2.24, 2.45) is 11.7 Å². The first-order valence-electron chi connectivity index (χ1n) is 6.66. The van der Waals surface area contributed by atoms with E-state index in [-0.39, 0.29) is 5.54 Å². The summed E-state index contributed by atoms with van der Waals surface area (Å²) < 4.78 is 0. The standard InChI is InChI=1S/C13H26N2/c1-3-8-13(2,10-14)15(12-6-7-12)9-11-4-5-11/h11-12H,3-10,14H2,1-2H3. The highest BCUT2D eigenvalue weighted by Crippen LogP contribution is 2.39. The molecule has 2 heteroatoms. The van der Waals surface area contributed by atoms with Gasteiger partial charge in [0.05, 0.1) is 0 Å². The smallest absolute Gasteiger partial charge is 0.0306 e. The Labute approximate surface area is 94.2 Å². The number of rotatable bonds is 7. The summed E-state index contributed by atoms with van der Waals surface area (Å²) in [5.41, 5.74) is 6.29. The van der Waals surface area contributed by atoms with Crippen LogP contribution in [0.1, 0.15) is 52.4 Å². The molecular weight excluding hydrogens is 184 g/mol. The van der Waals surface area contributed by atoms with E-state index in [2.05, 4.69) is 18.7 Å². The zero-order valence-electron chi connectivity index (χ0n) is 10.3. The Morgan fingerprint density at radius 3 is 2.33 bits per heavy atom. The quantitative estimate of drug-likeness (QED) is 0.699. The van der Waals surface area contributed by atoms with E-state index >= 15 is 0 Å². The van der Waals surface area contributed by atoms with Crippen LogP contribution in [0.2, 0.25) is 0 Å². The van der Waals surface area contributed by atoms with Gasteiger partial charge in [-0.25, -0.2) is 0 Å². The first-order chi connectivity index (χ1) is 7.19. The number of hydrogen-bond acceptors (Lipinski definition) is 2. The fraction of sp³-hybridized carbons (Fsp3) is 1.00. The third-order valence-corrected chi connectivity index (χ3v) is 4.06. The van der Waals surface area contributed by atoms with E-state index in [0.29, 0.717) is 0 Å². The van der Waals surface area contributed by atoms with Crippen LogP contribution < -0.4 is 5.73 Å². The second kappa shape index (κ2) is 4.42. The summed E-state index contributed by atoms with van der Waals surface area (Å²) in [6, 6.07) is 0.866. The molecule has 0 radical (unpaired) electrons. The minimum Gasteiger partial charge on any atom is -0.329 e. The van der Waals surface area contributed by atoms with E-state index < -0.39 is 0 Å². The number of nitrogens with two attached hydrogens (primary N) is 1. The Hall–Kier alpha value is -0.0800. The van der Waals surface area contributed by atoms with Gasteiger partial charge in [-0.2, -0.15) is 0 Å². The van der Waals surface area contributed by atoms with Gasteiger partial charge < -0.3 is 5.73 Å². The molecule has 15 heavy (non-hydrogen) atoms. The Morgan fingerprint density at radius 1 is 1.27 bits per heavy atom. The van der Waals surface area contributed by atoms with Gasteiger partial charge in [0.25, 0.3) is 0 Å². The fourth-order valence-electron chi connectivity index (χ4n) is 2.68. The minimum absolute atomic E-state index is 0.276. The van der Waals surface area contributed by atoms with E-state index in [4.69, 9.17) is 5.73 Å². The number of hydrogen-bond donors (Lipinski definition) is 1. The predicted octanol–water partition coefficient (Wildman–Crippen LogP) is 2.38. The molecule has 2 aliphatic rings. The van der Waals surface area contributed by atoms with Gasteiger partial charge in [0.15, 0.2) is 0 Å². The Morgan fingerprint density at radius 2 is 1.93 bits per heavy atom. The minimum atomic E-state index is 0.276. The molecule has 1 atom stereocenters. The molecule has 0 aromatic carbocycles. The lowest BCUT2D eigenvalue weighted by molar-refractivity contribution is 0.0857. The Kier molecular flexibility index (Phi) is 3.36. The van der Waals surface area contributed by atoms with Crippen molar-refractivity contribution in [1.82, 2.24) is 4.90 Å². The summed E-state index contributed by atoms with van der Waals surface area (Å²) in [7, 11) is 0. The van der Waals surface area contributed by atoms with E-state index in [1.165, 1.54) is 45.1 Å². The Bertz CT molecular complexity index is 209. The normalized spacial score (nSPS) is 25.6. The molecule has 88 valence electrons. The van der Waals surface area contributed by atoms with Gasteiger partial charge in [0.2, 0.25) is 0 Å². The molecule has 1 unspecified atom stereocenters. The summed E-state index contributed by atoms with van der Waals surface area (Å²) in [5.74, 6) is 0.994. The van der Waals surface area contributed by atoms with Gasteiger partial charge in [0.1, 0.15) is 0 Å². The summed E-state index contributed by atoms with van der Waals surface area (Å²) in [6.45, 7) is 6.79. The summed E-state index contributed by atoms with van der Waals surface area (Å²) in [6.07, 6.45) is 8.23. The van der Waals surface area contributed by atoms with Crippen molar-refractivity contribution in [2.75, 3.05) is 13.1 Å². The van der Waals surface area contributed by atoms with Crippen molar-refractivity contribution < 1.29 is 0 Å². The van der Waals surface area contributed by atoms with Crippen molar-refractivity contribution in [3.8, 4) is 0 Å². The van der Waals surface area contributed by atoms with Crippen LogP contribution in [0, 0.1) is 5.92 Å². The highest BCUT2D eigenvalue weighted by molar-refractivity contribution is 4.98. The lowest BCUT2D eigenvalue weighted by atomic mass is 9.93. The molecule has 2 rings (SSSR count). The molecule has 0 aromatic rings. The van der Waals surface area contributed by atoms with Crippen LogP contribution in [0.4, 0.5) is 0 Å². The second-order valence-corrected chi connectivity index (χ2v) is 5.78. The molecule has 2 saturated carbocycles. The Balaban J connectivity index is 1.98. The SMILES string of the molecule is CCCC(C)(CN)N(CC1CC1)C1CC1. The summed E-state index contributed by atoms with van der Waals surface area (Å²) in [4.78, 5) is 2.74. The van der Waals surface area contributed by atoms with Gasteiger partial charge >= 0.3 is 0 Å². The molecule has 0 amide bonds. The van der Waals surface area contributed by atoms with Crippen LogP contribution in [0.3, 0.4) is 0 Å². The summed E-state index contributed by atoms with van der Waals surface area (Å²) >= 11 is 0. The first kappa shape index (κ1) is 11.4. The van der Waals surface area contributed by atoms with Gasteiger partial charge in [-0.15, -0.1) is 0 Å². The molecule has 0 heterocycles. The third-order valence-electron chi connectivity index (χ3n) is 4.06. The van der Waals surface area contributed by atoms with Crippen molar-refractivity contribution in [2.45, 2.75) is 64.0 Å². The van der Waals surface area contributed by atoms with Gasteiger partial charge in [0, 0.05) is 24.7 Å². The highest BCUT2D eigenvalue weighted by Gasteiger charge is 2.42. The van der Waals surface area contributed by atoms with Gasteiger partial charge in [-0.1, -0.05) is 13.3 Å². The molecule has 2 aliphatic carbocycles. The average molecular weight is 210 g/mol. The van der Waals surface area contributed by atoms with E-state index in [1.54, 1.807) is 0 Å². The maximum absolute atomic E-state index is 6.01. The molecule has 2 fully saturated rings. The zero-order valence-corrected chi connectivity index (χ0v) is 10.3. The molecule has 0 aromatic heterocycles. The van der Waals surface area contributed by atoms with Crippen molar-refractivity contribution >= 4 is 0 Å². The fourth-order valence-corrected chi connectivity index (χ4v) is 2.68. The molecule has 2 nitrogen and oxygen atoms in total. The van der Waals surface area contributed by atoms with Crippen LogP contribution in [0.25, 0.3) is 0 Å². The van der Waals surface area contributed by atoms with Crippen LogP contribution in [0.5, 0.6) is 0 Å². The number of nitrogens with zero attached hydrogens (tertiary/aromatic N) is 1. The zero-order chi connectivity index (χ0) is 10.9. The molecule has 0 saturated heterocycles. The third kappa shape index (κ3) is 2.73. The molecule has 0 bridgehead atoms. The predicted molar refractivity (Wildman–Crippen MR) is 64.8 cm³/mol. The second-order valence-electron chi connectivity index (χ2n) is 5.78. The van der Waals surface area contributed by atoms with Crippen molar-refractivity contribution in [1.29, 1.82) is 0 Å². The average Bonchev–Trinajstić information content (AvgIpc) is 3.05. The lowest BCUT2D eigenvalue weighted by Gasteiger charge is -2.41. The van der Waals surface area contributed by atoms with E-state index in [1.807, 2.05) is 0 Å². The molecule has 2 N–H and O–H groups in total. The van der Waals surface area contributed by atoms with Crippen LogP contribution >= 0.6 is 0 Å². The topological polar surface area (TPSA) is 29.3 Å². The monoisotopic (exact) mass is 210 g/mol. The van der Waals surface area contributed by atoms with Gasteiger partial charge in [-0.05, 0) is 44.9 Å². The first-order valence-corrected chi connectivity index (χ1v) is 6.66. The molecular formula is C13H26N2. The molecule has 0 aliphatic heterocycles. The van der Waals surface area contributed by atoms with Crippen LogP contribution in [-0.2, 0) is 0 Å². The van der Waals surface area contributed by atoms with Crippen molar-refractivity contribution in [3.05, 3.63) is 0 Å². The summed E-state index contributed by atoms with van der Waals surface area (Å²) in [5, 5.41) is 0. The van der Waals surface area contributed by atoms with E-state index in [0.717, 1.165) is 18.5 Å². The van der Waals surface area contributed by atoms with Crippen LogP contribution in [-0.4, -0.2) is 29.6 Å². The van der Waals surface area contributed by atoms with Gasteiger partial charge in [-0.3, -0.25) is 4.90 Å². The molecule has 0 spiro atoms. The maximum Gasteiger partial charge on any atom is 0.0306 e. The highest BCUT2D eigenvalue weighted by atomic mass is 15.3. The van der Waals surface area contributed by atoms with Crippen LogP contribution in [0.15, 0.2) is 0 Å². The maximum atomic E-state index is 6.01.